The molecule has 0 bridgehead atoms. The minimum absolute atomic E-state index is 0.108. The minimum Gasteiger partial charge on any atom is -0.383 e. The normalized spacial score (nSPS) is 13.8. The molecule has 0 heterocycles. The number of methoxy groups -OCH3 is 1. The fourth-order valence-electron chi connectivity index (χ4n) is 1.87. The minimum atomic E-state index is -0.108. The number of hydrogen-bond donors (Lipinski definition) is 1. The van der Waals surface area contributed by atoms with Crippen molar-refractivity contribution < 1.29 is 4.74 Å². The van der Waals surface area contributed by atoms with E-state index in [1.807, 2.05) is 18.2 Å². The SMILES string of the molecule is COCC(C)NC(C)(C)c1cccc(Cl)c1. The highest BCUT2D eigenvalue weighted by molar-refractivity contribution is 6.30. The number of benzene rings is 1. The molecule has 1 aromatic carbocycles. The van der Waals surface area contributed by atoms with Crippen molar-refractivity contribution in [3.63, 3.8) is 0 Å². The molecule has 16 heavy (non-hydrogen) atoms. The Balaban J connectivity index is 2.76. The summed E-state index contributed by atoms with van der Waals surface area (Å²) in [7, 11) is 1.71. The number of nitrogens with one attached hydrogen (secondary N) is 1. The summed E-state index contributed by atoms with van der Waals surface area (Å²) in [6, 6.07) is 8.24. The molecular weight excluding hydrogens is 222 g/mol. The summed E-state index contributed by atoms with van der Waals surface area (Å²) in [5, 5.41) is 4.29. The Kier molecular flexibility index (Phi) is 4.78. The molecule has 0 saturated carbocycles. The number of rotatable bonds is 5. The maximum atomic E-state index is 6.00. The Hall–Kier alpha value is -0.570. The molecule has 1 N–H and O–H groups in total. The van der Waals surface area contributed by atoms with Crippen LogP contribution in [0.2, 0.25) is 5.02 Å². The summed E-state index contributed by atoms with van der Waals surface area (Å²) < 4.78 is 5.12. The van der Waals surface area contributed by atoms with Crippen LogP contribution in [0.5, 0.6) is 0 Å². The van der Waals surface area contributed by atoms with E-state index in [2.05, 4.69) is 32.2 Å². The first kappa shape index (κ1) is 13.5. The zero-order chi connectivity index (χ0) is 12.2. The van der Waals surface area contributed by atoms with Gasteiger partial charge in [-0.05, 0) is 38.5 Å². The predicted octanol–water partition coefficient (Wildman–Crippen LogP) is 3.20. The van der Waals surface area contributed by atoms with Gasteiger partial charge in [-0.2, -0.15) is 0 Å². The van der Waals surface area contributed by atoms with Crippen LogP contribution in [0.25, 0.3) is 0 Å². The van der Waals surface area contributed by atoms with Crippen molar-refractivity contribution in [3.05, 3.63) is 34.9 Å². The van der Waals surface area contributed by atoms with Crippen molar-refractivity contribution in [2.24, 2.45) is 0 Å². The Morgan fingerprint density at radius 1 is 1.44 bits per heavy atom. The van der Waals surface area contributed by atoms with Crippen LogP contribution >= 0.6 is 11.6 Å². The largest absolute Gasteiger partial charge is 0.383 e. The van der Waals surface area contributed by atoms with E-state index in [1.165, 1.54) is 5.56 Å². The van der Waals surface area contributed by atoms with Crippen LogP contribution in [0.3, 0.4) is 0 Å². The van der Waals surface area contributed by atoms with Crippen LogP contribution < -0.4 is 5.32 Å². The second-order valence-corrected chi connectivity index (χ2v) is 5.07. The van der Waals surface area contributed by atoms with E-state index in [4.69, 9.17) is 16.3 Å². The van der Waals surface area contributed by atoms with Gasteiger partial charge in [0.05, 0.1) is 6.61 Å². The molecule has 90 valence electrons. The molecule has 0 radical (unpaired) electrons. The Labute approximate surface area is 103 Å². The van der Waals surface area contributed by atoms with Crippen molar-refractivity contribution in [1.82, 2.24) is 5.32 Å². The van der Waals surface area contributed by atoms with Gasteiger partial charge in [-0.3, -0.25) is 0 Å². The first-order valence-corrected chi connectivity index (χ1v) is 5.86. The lowest BCUT2D eigenvalue weighted by Crippen LogP contribution is -2.44. The first-order valence-electron chi connectivity index (χ1n) is 5.48. The molecular formula is C13H20ClNO. The van der Waals surface area contributed by atoms with Crippen LogP contribution in [0.1, 0.15) is 26.3 Å². The molecule has 0 saturated heterocycles. The van der Waals surface area contributed by atoms with Crippen LogP contribution in [-0.2, 0) is 10.3 Å². The van der Waals surface area contributed by atoms with E-state index < -0.39 is 0 Å². The number of ether oxygens (including phenoxy) is 1. The molecule has 1 rings (SSSR count). The molecule has 1 unspecified atom stereocenters. The van der Waals surface area contributed by atoms with Crippen molar-refractivity contribution in [3.8, 4) is 0 Å². The zero-order valence-corrected chi connectivity index (χ0v) is 11.1. The van der Waals surface area contributed by atoms with E-state index in [0.717, 1.165) is 5.02 Å². The summed E-state index contributed by atoms with van der Waals surface area (Å²) in [4.78, 5) is 0. The van der Waals surface area contributed by atoms with E-state index in [9.17, 15) is 0 Å². The molecule has 0 aliphatic carbocycles. The zero-order valence-electron chi connectivity index (χ0n) is 10.4. The summed E-state index contributed by atoms with van der Waals surface area (Å²) in [5.41, 5.74) is 1.08. The lowest BCUT2D eigenvalue weighted by Gasteiger charge is -2.30. The van der Waals surface area contributed by atoms with E-state index in [1.54, 1.807) is 7.11 Å². The van der Waals surface area contributed by atoms with Gasteiger partial charge in [-0.1, -0.05) is 23.7 Å². The third-order valence-corrected chi connectivity index (χ3v) is 2.81. The van der Waals surface area contributed by atoms with E-state index in [-0.39, 0.29) is 5.54 Å². The lowest BCUT2D eigenvalue weighted by molar-refractivity contribution is 0.156. The second-order valence-electron chi connectivity index (χ2n) is 4.64. The predicted molar refractivity (Wildman–Crippen MR) is 69.0 cm³/mol. The van der Waals surface area contributed by atoms with Gasteiger partial charge in [-0.15, -0.1) is 0 Å². The summed E-state index contributed by atoms with van der Waals surface area (Å²) in [5.74, 6) is 0. The molecule has 1 atom stereocenters. The Morgan fingerprint density at radius 2 is 2.12 bits per heavy atom. The van der Waals surface area contributed by atoms with Gasteiger partial charge in [0, 0.05) is 23.7 Å². The van der Waals surface area contributed by atoms with Crippen LogP contribution in [-0.4, -0.2) is 19.8 Å². The monoisotopic (exact) mass is 241 g/mol. The number of halogens is 1. The number of hydrogen-bond acceptors (Lipinski definition) is 2. The molecule has 3 heteroatoms. The molecule has 0 amide bonds. The van der Waals surface area contributed by atoms with Crippen LogP contribution in [0.15, 0.2) is 24.3 Å². The summed E-state index contributed by atoms with van der Waals surface area (Å²) in [6.07, 6.45) is 0. The van der Waals surface area contributed by atoms with Crippen molar-refractivity contribution in [1.29, 1.82) is 0 Å². The van der Waals surface area contributed by atoms with E-state index >= 15 is 0 Å². The van der Waals surface area contributed by atoms with Gasteiger partial charge in [0.15, 0.2) is 0 Å². The van der Waals surface area contributed by atoms with Crippen LogP contribution in [0, 0.1) is 0 Å². The van der Waals surface area contributed by atoms with Crippen molar-refractivity contribution in [2.45, 2.75) is 32.4 Å². The van der Waals surface area contributed by atoms with Gasteiger partial charge < -0.3 is 10.1 Å². The topological polar surface area (TPSA) is 21.3 Å². The average Bonchev–Trinajstić information content (AvgIpc) is 2.17. The highest BCUT2D eigenvalue weighted by atomic mass is 35.5. The van der Waals surface area contributed by atoms with E-state index in [0.29, 0.717) is 12.6 Å². The molecule has 0 aliphatic rings. The Bertz CT molecular complexity index is 338. The quantitative estimate of drug-likeness (QED) is 0.855. The summed E-state index contributed by atoms with van der Waals surface area (Å²) >= 11 is 6.00. The third kappa shape index (κ3) is 3.78. The molecule has 0 fully saturated rings. The third-order valence-electron chi connectivity index (χ3n) is 2.57. The fourth-order valence-corrected chi connectivity index (χ4v) is 2.06. The highest BCUT2D eigenvalue weighted by Gasteiger charge is 2.22. The lowest BCUT2D eigenvalue weighted by atomic mass is 9.93. The van der Waals surface area contributed by atoms with Gasteiger partial charge in [0.1, 0.15) is 0 Å². The second kappa shape index (κ2) is 5.67. The van der Waals surface area contributed by atoms with Gasteiger partial charge in [-0.25, -0.2) is 0 Å². The van der Waals surface area contributed by atoms with Gasteiger partial charge in [0.2, 0.25) is 0 Å². The standard InChI is InChI=1S/C13H20ClNO/c1-10(9-16-4)15-13(2,3)11-6-5-7-12(14)8-11/h5-8,10,15H,9H2,1-4H3. The Morgan fingerprint density at radius 3 is 2.69 bits per heavy atom. The van der Waals surface area contributed by atoms with Gasteiger partial charge in [0.25, 0.3) is 0 Å². The molecule has 0 aromatic heterocycles. The molecule has 1 aromatic rings. The summed E-state index contributed by atoms with van der Waals surface area (Å²) in [6.45, 7) is 7.09. The maximum absolute atomic E-state index is 6.00. The smallest absolute Gasteiger partial charge is 0.0613 e. The molecule has 2 nitrogen and oxygen atoms in total. The van der Waals surface area contributed by atoms with Crippen LogP contribution in [0.4, 0.5) is 0 Å². The molecule has 0 spiro atoms. The maximum Gasteiger partial charge on any atom is 0.0613 e. The fraction of sp³-hybridized carbons (Fsp3) is 0.538. The van der Waals surface area contributed by atoms with Crippen molar-refractivity contribution >= 4 is 11.6 Å². The average molecular weight is 242 g/mol. The molecule has 0 aliphatic heterocycles. The highest BCUT2D eigenvalue weighted by Crippen LogP contribution is 2.23. The van der Waals surface area contributed by atoms with Crippen molar-refractivity contribution in [2.75, 3.05) is 13.7 Å². The van der Waals surface area contributed by atoms with Gasteiger partial charge >= 0.3 is 0 Å². The first-order chi connectivity index (χ1) is 7.45.